The van der Waals surface area contributed by atoms with Crippen molar-refractivity contribution in [3.8, 4) is 28.0 Å². The minimum Gasteiger partial charge on any atom is -0.478 e. The van der Waals surface area contributed by atoms with E-state index in [1.807, 2.05) is 60.7 Å². The monoisotopic (exact) mass is 1050 g/mol. The van der Waals surface area contributed by atoms with Gasteiger partial charge in [0, 0.05) is 41.8 Å². The maximum atomic E-state index is 13.7. The number of likely N-dealkylation sites (tertiary alicyclic amines) is 1. The van der Waals surface area contributed by atoms with Crippen LogP contribution in [-0.4, -0.2) is 84.2 Å². The number of nitrogens with one attached hydrogen (secondary N) is 3. The van der Waals surface area contributed by atoms with E-state index < -0.39 is 47.4 Å². The van der Waals surface area contributed by atoms with Crippen LogP contribution >= 0.6 is 11.6 Å². The Morgan fingerprint density at radius 3 is 1.84 bits per heavy atom. The fourth-order valence-electron chi connectivity index (χ4n) is 9.43. The first-order valence-electron chi connectivity index (χ1n) is 24.5. The Bertz CT molecular complexity index is 2890. The summed E-state index contributed by atoms with van der Waals surface area (Å²) in [5.41, 5.74) is 2.91. The number of carboxylic acid groups (broad SMARTS) is 1. The van der Waals surface area contributed by atoms with Gasteiger partial charge in [0.15, 0.2) is 5.60 Å². The lowest BCUT2D eigenvalue weighted by atomic mass is 9.73. The molecule has 0 bridgehead atoms. The Hall–Kier alpha value is -7.17. The number of hydrogen-bond acceptors (Lipinski definition) is 6. The average Bonchev–Trinajstić information content (AvgIpc) is 3.68. The number of carbonyl (C=O) groups is 4. The van der Waals surface area contributed by atoms with Gasteiger partial charge < -0.3 is 30.7 Å². The van der Waals surface area contributed by atoms with Gasteiger partial charge >= 0.3 is 18.3 Å². The van der Waals surface area contributed by atoms with Crippen LogP contribution in [0, 0.1) is 0 Å². The number of aliphatic carboxylic acids is 1. The SMILES string of the molecule is CC(C)(Oc1ccc(CCNC(=O)c2ccc(Cl)cc2)cc1)C(=O)O.O=C(NC1CCN(CCCCC2(C(=O)NCC(F)(F)F)c3ccccc3-c3ccccc32)CC1)c1ccccc1-c1ccc(C(F)(F)F)cc1. The molecular formula is C58H57ClF6N4O6. The van der Waals surface area contributed by atoms with E-state index in [0.717, 1.165) is 66.0 Å². The molecule has 0 aromatic heterocycles. The van der Waals surface area contributed by atoms with Crippen LogP contribution in [0.15, 0.2) is 146 Å². The third kappa shape index (κ3) is 14.2. The first-order chi connectivity index (χ1) is 35.6. The minimum atomic E-state index is -4.53. The van der Waals surface area contributed by atoms with E-state index in [1.165, 1.54) is 26.0 Å². The number of fused-ring (bicyclic) bond motifs is 3. The predicted octanol–water partition coefficient (Wildman–Crippen LogP) is 11.9. The summed E-state index contributed by atoms with van der Waals surface area (Å²) >= 11 is 5.80. The molecular weight excluding hydrogens is 998 g/mol. The molecule has 0 unspecified atom stereocenters. The van der Waals surface area contributed by atoms with Gasteiger partial charge in [0.1, 0.15) is 17.7 Å². The van der Waals surface area contributed by atoms with Gasteiger partial charge in [-0.15, -0.1) is 0 Å². The number of ether oxygens (including phenoxy) is 1. The Balaban J connectivity index is 0.000000275. The van der Waals surface area contributed by atoms with Crippen LogP contribution in [0.4, 0.5) is 26.3 Å². The second-order valence-corrected chi connectivity index (χ2v) is 19.5. The average molecular weight is 1060 g/mol. The summed E-state index contributed by atoms with van der Waals surface area (Å²) in [6, 6.07) is 40.2. The highest BCUT2D eigenvalue weighted by Gasteiger charge is 2.49. The molecule has 1 saturated heterocycles. The van der Waals surface area contributed by atoms with Crippen molar-refractivity contribution in [2.45, 2.75) is 81.8 Å². The van der Waals surface area contributed by atoms with Crippen LogP contribution in [-0.2, 0) is 27.6 Å². The third-order valence-electron chi connectivity index (χ3n) is 13.4. The second kappa shape index (κ2) is 24.0. The minimum absolute atomic E-state index is 0.0773. The lowest BCUT2D eigenvalue weighted by molar-refractivity contribution is -0.152. The van der Waals surface area contributed by atoms with Crippen LogP contribution in [0.5, 0.6) is 5.75 Å². The molecule has 1 fully saturated rings. The quantitative estimate of drug-likeness (QED) is 0.0527. The van der Waals surface area contributed by atoms with E-state index in [4.69, 9.17) is 21.4 Å². The molecule has 0 atom stereocenters. The fourth-order valence-corrected chi connectivity index (χ4v) is 9.56. The van der Waals surface area contributed by atoms with Gasteiger partial charge in [0.05, 0.1) is 5.56 Å². The molecule has 75 heavy (non-hydrogen) atoms. The number of piperidine rings is 1. The number of unbranched alkanes of at least 4 members (excludes halogenated alkanes) is 1. The molecule has 1 heterocycles. The largest absolute Gasteiger partial charge is 0.478 e. The number of amides is 3. The van der Waals surface area contributed by atoms with Gasteiger partial charge in [0.25, 0.3) is 11.8 Å². The van der Waals surface area contributed by atoms with E-state index in [-0.39, 0.29) is 17.9 Å². The van der Waals surface area contributed by atoms with Crippen molar-refractivity contribution in [2.24, 2.45) is 0 Å². The number of halogens is 7. The first kappa shape index (κ1) is 55.6. The number of benzene rings is 6. The van der Waals surface area contributed by atoms with Gasteiger partial charge in [-0.3, -0.25) is 14.4 Å². The summed E-state index contributed by atoms with van der Waals surface area (Å²) < 4.78 is 84.1. The maximum absolute atomic E-state index is 13.7. The number of nitrogens with zero attached hydrogens (tertiary/aromatic N) is 1. The zero-order valence-corrected chi connectivity index (χ0v) is 42.0. The summed E-state index contributed by atoms with van der Waals surface area (Å²) in [4.78, 5) is 52.4. The molecule has 2 aliphatic rings. The molecule has 0 saturated carbocycles. The smallest absolute Gasteiger partial charge is 0.416 e. The molecule has 6 aromatic rings. The summed E-state index contributed by atoms with van der Waals surface area (Å²) in [6.07, 6.45) is -5.21. The maximum Gasteiger partial charge on any atom is 0.416 e. The number of carbonyl (C=O) groups excluding carboxylic acids is 3. The van der Waals surface area contributed by atoms with Crippen molar-refractivity contribution in [3.63, 3.8) is 0 Å². The molecule has 3 amide bonds. The molecule has 0 radical (unpaired) electrons. The van der Waals surface area contributed by atoms with Crippen molar-refractivity contribution in [1.82, 2.24) is 20.9 Å². The van der Waals surface area contributed by atoms with E-state index in [9.17, 15) is 45.5 Å². The van der Waals surface area contributed by atoms with Gasteiger partial charge in [-0.05, 0) is 146 Å². The molecule has 1 aliphatic carbocycles. The van der Waals surface area contributed by atoms with Gasteiger partial charge in [-0.25, -0.2) is 4.79 Å². The lowest BCUT2D eigenvalue weighted by Gasteiger charge is -2.33. The molecule has 394 valence electrons. The van der Waals surface area contributed by atoms with E-state index in [1.54, 1.807) is 60.7 Å². The van der Waals surface area contributed by atoms with Crippen molar-refractivity contribution in [2.75, 3.05) is 32.7 Å². The fraction of sp³-hybridized carbons (Fsp3) is 0.310. The highest BCUT2D eigenvalue weighted by Crippen LogP contribution is 2.51. The third-order valence-corrected chi connectivity index (χ3v) is 13.7. The molecule has 10 nitrogen and oxygen atoms in total. The Morgan fingerprint density at radius 1 is 0.693 bits per heavy atom. The van der Waals surface area contributed by atoms with E-state index >= 15 is 0 Å². The zero-order chi connectivity index (χ0) is 54.0. The first-order valence-corrected chi connectivity index (χ1v) is 24.9. The molecule has 8 rings (SSSR count). The number of rotatable bonds is 17. The van der Waals surface area contributed by atoms with Crippen molar-refractivity contribution in [3.05, 3.63) is 184 Å². The van der Waals surface area contributed by atoms with Crippen molar-refractivity contribution in [1.29, 1.82) is 0 Å². The normalized spacial score (nSPS) is 14.4. The molecule has 6 aromatic carbocycles. The summed E-state index contributed by atoms with van der Waals surface area (Å²) in [5, 5.41) is 17.8. The summed E-state index contributed by atoms with van der Waals surface area (Å²) in [6.45, 7) is 4.28. The summed E-state index contributed by atoms with van der Waals surface area (Å²) in [5.74, 6) is -1.63. The number of carboxylic acids is 1. The molecule has 1 aliphatic heterocycles. The highest BCUT2D eigenvalue weighted by atomic mass is 35.5. The second-order valence-electron chi connectivity index (χ2n) is 19.0. The predicted molar refractivity (Wildman–Crippen MR) is 276 cm³/mol. The Labute approximate surface area is 436 Å². The molecule has 0 spiro atoms. The topological polar surface area (TPSA) is 137 Å². The molecule has 4 N–H and O–H groups in total. The van der Waals surface area contributed by atoms with Crippen LogP contribution in [0.2, 0.25) is 5.02 Å². The zero-order valence-electron chi connectivity index (χ0n) is 41.3. The van der Waals surface area contributed by atoms with Gasteiger partial charge in [-0.1, -0.05) is 109 Å². The summed E-state index contributed by atoms with van der Waals surface area (Å²) in [7, 11) is 0. The van der Waals surface area contributed by atoms with Crippen LogP contribution in [0.3, 0.4) is 0 Å². The molecule has 17 heteroatoms. The van der Waals surface area contributed by atoms with Crippen LogP contribution in [0.25, 0.3) is 22.3 Å². The standard InChI is InChI=1S/C39H37F6N3O2.C19H20ClNO4/c40-38(41,42)25-46-36(50)37(33-13-5-3-10-30(33)31-11-4-6-14-34(31)37)21-7-8-22-48-23-19-28(20-24-48)47-35(49)32-12-2-1-9-29(32)26-15-17-27(18-16-26)39(43,44)45;1-19(2,18(23)24)25-16-9-3-13(4-10-16)11-12-21-17(22)14-5-7-15(20)8-6-14/h1-6,9-18,28H,7-8,19-25H2,(H,46,50)(H,47,49);3-10H,11-12H2,1-2H3,(H,21,22)(H,23,24). The van der Waals surface area contributed by atoms with Crippen LogP contribution < -0.4 is 20.7 Å². The van der Waals surface area contributed by atoms with Crippen molar-refractivity contribution < 1.29 is 55.4 Å². The van der Waals surface area contributed by atoms with Gasteiger partial charge in [-0.2, -0.15) is 26.3 Å². The number of hydrogen-bond donors (Lipinski definition) is 4. The number of alkyl halides is 6. The van der Waals surface area contributed by atoms with Crippen LogP contribution in [0.1, 0.15) is 88.9 Å². The van der Waals surface area contributed by atoms with Crippen molar-refractivity contribution >= 4 is 35.3 Å². The van der Waals surface area contributed by atoms with Gasteiger partial charge in [0.2, 0.25) is 5.91 Å². The Kier molecular flexibility index (Phi) is 17.8. The highest BCUT2D eigenvalue weighted by molar-refractivity contribution is 6.30. The van der Waals surface area contributed by atoms with E-state index in [0.29, 0.717) is 71.7 Å². The lowest BCUT2D eigenvalue weighted by Crippen LogP contribution is -2.47. The van der Waals surface area contributed by atoms with E-state index in [2.05, 4.69) is 20.9 Å². The Morgan fingerprint density at radius 2 is 1.27 bits per heavy atom.